The Balaban J connectivity index is 5.43. The summed E-state index contributed by atoms with van der Waals surface area (Å²) < 4.78 is 4.90. The van der Waals surface area contributed by atoms with Gasteiger partial charge in [0.25, 0.3) is 11.4 Å². The monoisotopic (exact) mass is 230 g/mol. The van der Waals surface area contributed by atoms with Gasteiger partial charge < -0.3 is 9.84 Å². The predicted molar refractivity (Wildman–Crippen MR) is 53.0 cm³/mol. The second-order valence-corrected chi connectivity index (χ2v) is 3.28. The Labute approximate surface area is 92.6 Å². The molecule has 0 atom stereocenters. The van der Waals surface area contributed by atoms with Crippen molar-refractivity contribution < 1.29 is 29.0 Å². The Kier molecular flexibility index (Phi) is 4.97. The first kappa shape index (κ1) is 14.4. The van der Waals surface area contributed by atoms with Crippen LogP contribution >= 0.6 is 0 Å². The lowest BCUT2D eigenvalue weighted by Crippen LogP contribution is -2.56. The number of ether oxygens (including phenoxy) is 1. The van der Waals surface area contributed by atoms with Gasteiger partial charge in [0.2, 0.25) is 0 Å². The minimum Gasteiger partial charge on any atom is -0.475 e. The molecule has 16 heavy (non-hydrogen) atoms. The molecule has 0 radical (unpaired) electrons. The number of ketones is 3. The SMILES string of the molecule is CCCOC(C(C)=O)(C(C)=O)C(=O)C(=O)O. The minimum absolute atomic E-state index is 0.0435. The van der Waals surface area contributed by atoms with Crippen LogP contribution in [0.3, 0.4) is 0 Å². The average Bonchev–Trinajstić information content (AvgIpc) is 2.17. The molecule has 0 fully saturated rings. The normalized spacial score (nSPS) is 10.9. The third kappa shape index (κ3) is 2.52. The van der Waals surface area contributed by atoms with E-state index in [1.54, 1.807) is 6.92 Å². The van der Waals surface area contributed by atoms with Gasteiger partial charge in [-0.25, -0.2) is 4.79 Å². The largest absolute Gasteiger partial charge is 0.475 e. The van der Waals surface area contributed by atoms with Gasteiger partial charge in [0, 0.05) is 6.61 Å². The molecule has 0 aliphatic heterocycles. The summed E-state index contributed by atoms with van der Waals surface area (Å²) in [6.07, 6.45) is 0.454. The van der Waals surface area contributed by atoms with Crippen molar-refractivity contribution in [2.75, 3.05) is 6.61 Å². The topological polar surface area (TPSA) is 97.7 Å². The molecule has 0 heterocycles. The molecular formula is C10H14O6. The zero-order valence-electron chi connectivity index (χ0n) is 9.40. The van der Waals surface area contributed by atoms with Crippen LogP contribution in [0.4, 0.5) is 0 Å². The van der Waals surface area contributed by atoms with Crippen LogP contribution in [0, 0.1) is 0 Å². The second kappa shape index (κ2) is 5.50. The van der Waals surface area contributed by atoms with Gasteiger partial charge >= 0.3 is 5.97 Å². The summed E-state index contributed by atoms with van der Waals surface area (Å²) in [6, 6.07) is 0. The highest BCUT2D eigenvalue weighted by Crippen LogP contribution is 2.17. The summed E-state index contributed by atoms with van der Waals surface area (Å²) in [5, 5.41) is 8.58. The van der Waals surface area contributed by atoms with Crippen molar-refractivity contribution in [3.63, 3.8) is 0 Å². The number of hydrogen-bond donors (Lipinski definition) is 1. The summed E-state index contributed by atoms with van der Waals surface area (Å²) in [5.41, 5.74) is -2.48. The smallest absolute Gasteiger partial charge is 0.376 e. The maximum absolute atomic E-state index is 11.4. The van der Waals surface area contributed by atoms with Crippen molar-refractivity contribution in [1.82, 2.24) is 0 Å². The highest BCUT2D eigenvalue weighted by molar-refractivity contribution is 6.48. The van der Waals surface area contributed by atoms with Gasteiger partial charge in [0.05, 0.1) is 0 Å². The molecule has 0 saturated carbocycles. The number of rotatable bonds is 7. The van der Waals surface area contributed by atoms with Crippen molar-refractivity contribution in [2.24, 2.45) is 0 Å². The van der Waals surface area contributed by atoms with Gasteiger partial charge in [-0.3, -0.25) is 14.4 Å². The van der Waals surface area contributed by atoms with E-state index in [9.17, 15) is 19.2 Å². The van der Waals surface area contributed by atoms with Gasteiger partial charge in [-0.15, -0.1) is 0 Å². The van der Waals surface area contributed by atoms with Crippen LogP contribution in [0.5, 0.6) is 0 Å². The number of carboxylic acids is 1. The zero-order chi connectivity index (χ0) is 12.9. The summed E-state index contributed by atoms with van der Waals surface area (Å²) in [5.74, 6) is -5.23. The number of carbonyl (C=O) groups is 4. The number of Topliss-reactive ketones (excluding diaryl/α,β-unsaturated/α-hetero) is 3. The van der Waals surface area contributed by atoms with Crippen LogP contribution in [0.2, 0.25) is 0 Å². The Morgan fingerprint density at radius 1 is 1.12 bits per heavy atom. The highest BCUT2D eigenvalue weighted by Gasteiger charge is 2.52. The van der Waals surface area contributed by atoms with E-state index in [1.165, 1.54) is 0 Å². The quantitative estimate of drug-likeness (QED) is 0.487. The molecule has 6 nitrogen and oxygen atoms in total. The van der Waals surface area contributed by atoms with Crippen molar-refractivity contribution in [3.8, 4) is 0 Å². The first-order valence-electron chi connectivity index (χ1n) is 4.74. The maximum atomic E-state index is 11.4. The lowest BCUT2D eigenvalue weighted by atomic mass is 9.89. The van der Waals surface area contributed by atoms with Crippen LogP contribution in [-0.4, -0.2) is 40.6 Å². The molecule has 0 aromatic rings. The van der Waals surface area contributed by atoms with E-state index in [2.05, 4.69) is 0 Å². The van der Waals surface area contributed by atoms with Gasteiger partial charge in [0.1, 0.15) is 0 Å². The first-order chi connectivity index (χ1) is 7.30. The van der Waals surface area contributed by atoms with E-state index in [0.717, 1.165) is 13.8 Å². The van der Waals surface area contributed by atoms with Crippen molar-refractivity contribution in [3.05, 3.63) is 0 Å². The van der Waals surface area contributed by atoms with E-state index in [1.807, 2.05) is 0 Å². The molecule has 0 unspecified atom stereocenters. The molecule has 0 rings (SSSR count). The summed E-state index contributed by atoms with van der Waals surface area (Å²) in [4.78, 5) is 44.6. The van der Waals surface area contributed by atoms with E-state index < -0.39 is 28.9 Å². The third-order valence-electron chi connectivity index (χ3n) is 2.03. The van der Waals surface area contributed by atoms with Gasteiger partial charge in [-0.2, -0.15) is 0 Å². The average molecular weight is 230 g/mol. The van der Waals surface area contributed by atoms with Crippen molar-refractivity contribution in [2.45, 2.75) is 32.8 Å². The Hall–Kier alpha value is -1.56. The molecule has 0 bridgehead atoms. The van der Waals surface area contributed by atoms with Crippen LogP contribution in [0.15, 0.2) is 0 Å². The molecule has 6 heteroatoms. The summed E-state index contributed by atoms with van der Waals surface area (Å²) in [6.45, 7) is 3.57. The molecule has 0 aromatic carbocycles. The maximum Gasteiger partial charge on any atom is 0.376 e. The molecule has 0 aromatic heterocycles. The van der Waals surface area contributed by atoms with E-state index in [-0.39, 0.29) is 6.61 Å². The van der Waals surface area contributed by atoms with Crippen LogP contribution < -0.4 is 0 Å². The molecule has 0 spiro atoms. The number of carbonyl (C=O) groups excluding carboxylic acids is 3. The molecule has 90 valence electrons. The van der Waals surface area contributed by atoms with Crippen molar-refractivity contribution >= 4 is 23.3 Å². The molecule has 0 aliphatic rings. The van der Waals surface area contributed by atoms with E-state index >= 15 is 0 Å². The predicted octanol–water partition coefficient (Wildman–Crippen LogP) is -0.0165. The zero-order valence-corrected chi connectivity index (χ0v) is 9.40. The highest BCUT2D eigenvalue weighted by atomic mass is 16.5. The van der Waals surface area contributed by atoms with E-state index in [0.29, 0.717) is 6.42 Å². The standard InChI is InChI=1S/C10H14O6/c1-4-5-16-10(6(2)11,7(3)12)8(13)9(14)15/h4-5H2,1-3H3,(H,14,15). The van der Waals surface area contributed by atoms with Crippen molar-refractivity contribution in [1.29, 1.82) is 0 Å². The van der Waals surface area contributed by atoms with Gasteiger partial charge in [0.15, 0.2) is 11.6 Å². The summed E-state index contributed by atoms with van der Waals surface area (Å²) >= 11 is 0. The molecule has 0 amide bonds. The number of hydrogen-bond acceptors (Lipinski definition) is 5. The fourth-order valence-electron chi connectivity index (χ4n) is 1.24. The second-order valence-electron chi connectivity index (χ2n) is 3.28. The Bertz CT molecular complexity index is 316. The first-order valence-corrected chi connectivity index (χ1v) is 4.74. The fraction of sp³-hybridized carbons (Fsp3) is 0.600. The fourth-order valence-corrected chi connectivity index (χ4v) is 1.24. The molecule has 0 saturated heterocycles. The lowest BCUT2D eigenvalue weighted by molar-refractivity contribution is -0.172. The van der Waals surface area contributed by atoms with Gasteiger partial charge in [-0.05, 0) is 20.3 Å². The molecular weight excluding hydrogens is 216 g/mol. The Morgan fingerprint density at radius 3 is 1.81 bits per heavy atom. The summed E-state index contributed by atoms with van der Waals surface area (Å²) in [7, 11) is 0. The van der Waals surface area contributed by atoms with Crippen LogP contribution in [0.1, 0.15) is 27.2 Å². The molecule has 0 aliphatic carbocycles. The van der Waals surface area contributed by atoms with Crippen LogP contribution in [0.25, 0.3) is 0 Å². The van der Waals surface area contributed by atoms with Gasteiger partial charge in [-0.1, -0.05) is 6.92 Å². The Morgan fingerprint density at radius 2 is 1.56 bits per heavy atom. The minimum atomic E-state index is -2.48. The number of carboxylic acid groups (broad SMARTS) is 1. The number of aliphatic carboxylic acids is 1. The lowest BCUT2D eigenvalue weighted by Gasteiger charge is -2.25. The molecule has 1 N–H and O–H groups in total. The van der Waals surface area contributed by atoms with Crippen LogP contribution in [-0.2, 0) is 23.9 Å². The van der Waals surface area contributed by atoms with E-state index in [4.69, 9.17) is 9.84 Å². The third-order valence-corrected chi connectivity index (χ3v) is 2.03.